The molecule has 6 heteroatoms. The zero-order valence-corrected chi connectivity index (χ0v) is 14.4. The van der Waals surface area contributed by atoms with Crippen LogP contribution in [0.25, 0.3) is 0 Å². The molecule has 1 aromatic heterocycles. The lowest BCUT2D eigenvalue weighted by Crippen LogP contribution is -2.24. The third kappa shape index (κ3) is 3.39. The predicted octanol–water partition coefficient (Wildman–Crippen LogP) is 5.10. The van der Waals surface area contributed by atoms with E-state index in [2.05, 4.69) is 33.2 Å². The number of nitrogens with one attached hydrogen (secondary N) is 1. The van der Waals surface area contributed by atoms with E-state index in [1.54, 1.807) is 23.5 Å². The van der Waals surface area contributed by atoms with Crippen LogP contribution in [0.1, 0.15) is 35.7 Å². The second-order valence-corrected chi connectivity index (χ2v) is 6.74. The minimum absolute atomic E-state index is 0.109. The summed E-state index contributed by atoms with van der Waals surface area (Å²) in [6.07, 6.45) is 0.964. The molecule has 0 saturated carbocycles. The summed E-state index contributed by atoms with van der Waals surface area (Å²) in [5.41, 5.74) is 1.36. The predicted molar refractivity (Wildman–Crippen MR) is 86.1 cm³/mol. The van der Waals surface area contributed by atoms with Gasteiger partial charge in [0.25, 0.3) is 0 Å². The Morgan fingerprint density at radius 2 is 2.25 bits per heavy atom. The van der Waals surface area contributed by atoms with Gasteiger partial charge in [0.15, 0.2) is 0 Å². The molecule has 2 rings (SSSR count). The van der Waals surface area contributed by atoms with Crippen molar-refractivity contribution in [1.82, 2.24) is 10.3 Å². The number of halogens is 3. The SMILES string of the molecule is CCCNC(c1csc(C)n1)c1ccc(Br)c(Cl)c1F. The monoisotopic (exact) mass is 376 g/mol. The Hall–Kier alpha value is -0.490. The van der Waals surface area contributed by atoms with E-state index in [0.29, 0.717) is 10.0 Å². The number of hydrogen-bond acceptors (Lipinski definition) is 3. The first-order chi connectivity index (χ1) is 9.54. The highest BCUT2D eigenvalue weighted by molar-refractivity contribution is 9.10. The van der Waals surface area contributed by atoms with Gasteiger partial charge < -0.3 is 5.32 Å². The van der Waals surface area contributed by atoms with Crippen LogP contribution in [0.4, 0.5) is 4.39 Å². The number of benzene rings is 1. The van der Waals surface area contributed by atoms with Gasteiger partial charge in [-0.05, 0) is 41.9 Å². The summed E-state index contributed by atoms with van der Waals surface area (Å²) in [5, 5.41) is 6.36. The van der Waals surface area contributed by atoms with Crippen LogP contribution < -0.4 is 5.32 Å². The van der Waals surface area contributed by atoms with Crippen LogP contribution in [-0.2, 0) is 0 Å². The van der Waals surface area contributed by atoms with E-state index in [0.717, 1.165) is 23.7 Å². The van der Waals surface area contributed by atoms with E-state index in [-0.39, 0.29) is 11.1 Å². The van der Waals surface area contributed by atoms with Crippen molar-refractivity contribution in [3.8, 4) is 0 Å². The molecule has 0 aliphatic rings. The molecule has 0 fully saturated rings. The fourth-order valence-electron chi connectivity index (χ4n) is 1.94. The topological polar surface area (TPSA) is 24.9 Å². The fraction of sp³-hybridized carbons (Fsp3) is 0.357. The van der Waals surface area contributed by atoms with E-state index in [9.17, 15) is 4.39 Å². The van der Waals surface area contributed by atoms with E-state index in [4.69, 9.17) is 11.6 Å². The van der Waals surface area contributed by atoms with Crippen molar-refractivity contribution >= 4 is 38.9 Å². The van der Waals surface area contributed by atoms with Crippen molar-refractivity contribution < 1.29 is 4.39 Å². The number of aryl methyl sites for hydroxylation is 1. The minimum Gasteiger partial charge on any atom is -0.305 e. The molecule has 108 valence electrons. The first-order valence-electron chi connectivity index (χ1n) is 6.33. The van der Waals surface area contributed by atoms with Crippen molar-refractivity contribution in [3.05, 3.63) is 49.1 Å². The van der Waals surface area contributed by atoms with Crippen LogP contribution in [0.5, 0.6) is 0 Å². The van der Waals surface area contributed by atoms with Gasteiger partial charge in [-0.1, -0.05) is 24.6 Å². The second-order valence-electron chi connectivity index (χ2n) is 4.44. The zero-order valence-electron chi connectivity index (χ0n) is 11.2. The highest BCUT2D eigenvalue weighted by Gasteiger charge is 2.22. The summed E-state index contributed by atoms with van der Waals surface area (Å²) >= 11 is 10.8. The number of nitrogens with zero attached hydrogens (tertiary/aromatic N) is 1. The van der Waals surface area contributed by atoms with Crippen molar-refractivity contribution in [2.24, 2.45) is 0 Å². The van der Waals surface area contributed by atoms with Crippen molar-refractivity contribution in [1.29, 1.82) is 0 Å². The average molecular weight is 378 g/mol. The molecule has 0 radical (unpaired) electrons. The molecule has 2 aromatic rings. The van der Waals surface area contributed by atoms with Gasteiger partial charge in [-0.2, -0.15) is 0 Å². The number of rotatable bonds is 5. The Morgan fingerprint density at radius 1 is 1.50 bits per heavy atom. The van der Waals surface area contributed by atoms with Crippen LogP contribution in [-0.4, -0.2) is 11.5 Å². The molecule has 0 saturated heterocycles. The van der Waals surface area contributed by atoms with Gasteiger partial charge in [-0.15, -0.1) is 11.3 Å². The lowest BCUT2D eigenvalue weighted by atomic mass is 10.0. The Labute approximate surface area is 135 Å². The normalized spacial score (nSPS) is 12.7. The van der Waals surface area contributed by atoms with Crippen LogP contribution in [0, 0.1) is 12.7 Å². The van der Waals surface area contributed by atoms with Crippen molar-refractivity contribution in [2.75, 3.05) is 6.54 Å². The maximum atomic E-state index is 14.4. The van der Waals surface area contributed by atoms with Crippen LogP contribution in [0.15, 0.2) is 22.0 Å². The maximum absolute atomic E-state index is 14.4. The molecule has 1 heterocycles. The number of hydrogen-bond donors (Lipinski definition) is 1. The van der Waals surface area contributed by atoms with E-state index in [1.165, 1.54) is 0 Å². The van der Waals surface area contributed by atoms with Gasteiger partial charge in [0.1, 0.15) is 5.82 Å². The Bertz CT molecular complexity index is 603. The van der Waals surface area contributed by atoms with Crippen molar-refractivity contribution in [3.63, 3.8) is 0 Å². The smallest absolute Gasteiger partial charge is 0.148 e. The molecule has 20 heavy (non-hydrogen) atoms. The molecular formula is C14H15BrClFN2S. The summed E-state index contributed by atoms with van der Waals surface area (Å²) in [7, 11) is 0. The Morgan fingerprint density at radius 3 is 2.85 bits per heavy atom. The highest BCUT2D eigenvalue weighted by Crippen LogP contribution is 2.33. The highest BCUT2D eigenvalue weighted by atomic mass is 79.9. The van der Waals surface area contributed by atoms with Crippen LogP contribution in [0.3, 0.4) is 0 Å². The van der Waals surface area contributed by atoms with Gasteiger partial charge in [0.2, 0.25) is 0 Å². The molecular weight excluding hydrogens is 363 g/mol. The summed E-state index contributed by atoms with van der Waals surface area (Å²) in [6.45, 7) is 4.80. The molecule has 1 aromatic carbocycles. The third-order valence-corrected chi connectivity index (χ3v) is 4.96. The van der Waals surface area contributed by atoms with Crippen LogP contribution >= 0.6 is 38.9 Å². The molecule has 1 N–H and O–H groups in total. The maximum Gasteiger partial charge on any atom is 0.148 e. The van der Waals surface area contributed by atoms with Crippen molar-refractivity contribution in [2.45, 2.75) is 26.3 Å². The van der Waals surface area contributed by atoms with Crippen LogP contribution in [0.2, 0.25) is 5.02 Å². The molecule has 0 aliphatic carbocycles. The lowest BCUT2D eigenvalue weighted by molar-refractivity contribution is 0.540. The molecule has 2 nitrogen and oxygen atoms in total. The molecule has 0 aliphatic heterocycles. The first-order valence-corrected chi connectivity index (χ1v) is 8.38. The molecule has 0 spiro atoms. The second kappa shape index (κ2) is 6.98. The fourth-order valence-corrected chi connectivity index (χ4v) is 3.06. The largest absolute Gasteiger partial charge is 0.305 e. The van der Waals surface area contributed by atoms with Gasteiger partial charge in [-0.25, -0.2) is 9.37 Å². The first kappa shape index (κ1) is 15.9. The Kier molecular flexibility index (Phi) is 5.55. The molecule has 0 amide bonds. The summed E-state index contributed by atoms with van der Waals surface area (Å²) in [5.74, 6) is -0.403. The van der Waals surface area contributed by atoms with Gasteiger partial charge in [0, 0.05) is 15.4 Å². The quantitative estimate of drug-likeness (QED) is 0.734. The Balaban J connectivity index is 2.43. The van der Waals surface area contributed by atoms with Gasteiger partial charge >= 0.3 is 0 Å². The van der Waals surface area contributed by atoms with E-state index in [1.807, 2.05) is 12.3 Å². The minimum atomic E-state index is -0.403. The van der Waals surface area contributed by atoms with Gasteiger partial charge in [0.05, 0.1) is 21.8 Å². The summed E-state index contributed by atoms with van der Waals surface area (Å²) in [4.78, 5) is 4.47. The number of aromatic nitrogens is 1. The zero-order chi connectivity index (χ0) is 14.7. The molecule has 1 atom stereocenters. The van der Waals surface area contributed by atoms with E-state index < -0.39 is 5.82 Å². The van der Waals surface area contributed by atoms with E-state index >= 15 is 0 Å². The molecule has 1 unspecified atom stereocenters. The number of thiazole rings is 1. The average Bonchev–Trinajstić information content (AvgIpc) is 2.85. The summed E-state index contributed by atoms with van der Waals surface area (Å²) in [6, 6.07) is 3.24. The lowest BCUT2D eigenvalue weighted by Gasteiger charge is -2.18. The standard InChI is InChI=1S/C14H15BrClFN2S/c1-3-6-18-14(11-7-20-8(2)19-11)9-4-5-10(15)12(16)13(9)17/h4-5,7,14,18H,3,6H2,1-2H3. The molecule has 0 bridgehead atoms. The summed E-state index contributed by atoms with van der Waals surface area (Å²) < 4.78 is 15.0. The van der Waals surface area contributed by atoms with Gasteiger partial charge in [-0.3, -0.25) is 0 Å². The third-order valence-electron chi connectivity index (χ3n) is 2.91.